The molecule has 0 aromatic heterocycles. The van der Waals surface area contributed by atoms with Gasteiger partial charge in [0.1, 0.15) is 0 Å². The van der Waals surface area contributed by atoms with Crippen LogP contribution in [-0.2, 0) is 0 Å². The van der Waals surface area contributed by atoms with E-state index in [-0.39, 0.29) is 11.2 Å². The molecule has 0 spiro atoms. The molecule has 0 aliphatic rings. The summed E-state index contributed by atoms with van der Waals surface area (Å²) in [5.41, 5.74) is 2.66. The Morgan fingerprint density at radius 1 is 0.833 bits per heavy atom. The van der Waals surface area contributed by atoms with E-state index in [4.69, 9.17) is 0 Å². The molecule has 3 heteroatoms. The zero-order chi connectivity index (χ0) is 13.1. The van der Waals surface area contributed by atoms with Crippen LogP contribution < -0.4 is 10.3 Å². The minimum absolute atomic E-state index is 0.230. The van der Waals surface area contributed by atoms with Crippen LogP contribution in [0.15, 0.2) is 53.3 Å². The maximum atomic E-state index is 11.3. The molecule has 0 atom stereocenters. The van der Waals surface area contributed by atoms with Gasteiger partial charge >= 0.3 is 0 Å². The van der Waals surface area contributed by atoms with Crippen LogP contribution in [0.1, 0.15) is 0 Å². The summed E-state index contributed by atoms with van der Waals surface area (Å²) >= 11 is 0. The average molecular weight is 241 g/mol. The molecule has 2 aromatic rings. The normalized spacial score (nSPS) is 10.1. The lowest BCUT2D eigenvalue weighted by molar-refractivity contribution is 0.471. The minimum atomic E-state index is -0.369. The van der Waals surface area contributed by atoms with Crippen molar-refractivity contribution in [3.63, 3.8) is 0 Å². The van der Waals surface area contributed by atoms with Crippen LogP contribution in [0.3, 0.4) is 0 Å². The molecule has 0 bridgehead atoms. The Bertz CT molecular complexity index is 604. The maximum absolute atomic E-state index is 11.3. The van der Waals surface area contributed by atoms with Crippen LogP contribution >= 0.6 is 0 Å². The Morgan fingerprint density at radius 3 is 1.89 bits per heavy atom. The maximum Gasteiger partial charge on any atom is 0.220 e. The van der Waals surface area contributed by atoms with Gasteiger partial charge in [0.25, 0.3) is 0 Å². The molecule has 0 fully saturated rings. The van der Waals surface area contributed by atoms with Crippen molar-refractivity contribution in [2.45, 2.75) is 0 Å². The number of nitrogens with zero attached hydrogens (tertiary/aromatic N) is 1. The average Bonchev–Trinajstić information content (AvgIpc) is 2.53. The summed E-state index contributed by atoms with van der Waals surface area (Å²) in [6.07, 6.45) is 0. The quantitative estimate of drug-likeness (QED) is 0.878. The standard InChI is InChI=1S/C15H15NO2/c1-16(2)13-7-3-11(4-8-13)12-5-9-14(17)15(18)10-6-12/h3-10H,1-2H3,(H,17,18). The molecule has 0 saturated carbocycles. The lowest BCUT2D eigenvalue weighted by Gasteiger charge is -2.12. The van der Waals surface area contributed by atoms with Gasteiger partial charge in [-0.3, -0.25) is 4.79 Å². The molecule has 0 radical (unpaired) electrons. The molecular formula is C15H15NO2. The molecule has 3 nitrogen and oxygen atoms in total. The van der Waals surface area contributed by atoms with Crippen molar-refractivity contribution in [1.29, 1.82) is 0 Å². The van der Waals surface area contributed by atoms with Crippen molar-refractivity contribution in [3.05, 3.63) is 58.8 Å². The topological polar surface area (TPSA) is 40.5 Å². The first-order valence-electron chi connectivity index (χ1n) is 5.69. The third-order valence-electron chi connectivity index (χ3n) is 2.80. The zero-order valence-electron chi connectivity index (χ0n) is 10.4. The molecule has 0 aliphatic heterocycles. The molecule has 0 unspecified atom stereocenters. The predicted octanol–water partition coefficient (Wildman–Crippen LogP) is 2.49. The Labute approximate surface area is 106 Å². The molecular weight excluding hydrogens is 226 g/mol. The largest absolute Gasteiger partial charge is 0.504 e. The third-order valence-corrected chi connectivity index (χ3v) is 2.80. The Hall–Kier alpha value is -2.29. The van der Waals surface area contributed by atoms with Gasteiger partial charge in [0, 0.05) is 19.8 Å². The van der Waals surface area contributed by atoms with Gasteiger partial charge in [0.05, 0.1) is 0 Å². The number of benzene rings is 1. The van der Waals surface area contributed by atoms with Gasteiger partial charge in [0.2, 0.25) is 5.43 Å². The van der Waals surface area contributed by atoms with E-state index in [1.807, 2.05) is 43.3 Å². The van der Waals surface area contributed by atoms with Gasteiger partial charge in [0.15, 0.2) is 5.75 Å². The van der Waals surface area contributed by atoms with Crippen LogP contribution in [-0.4, -0.2) is 19.2 Å². The van der Waals surface area contributed by atoms with E-state index >= 15 is 0 Å². The van der Waals surface area contributed by atoms with Crippen LogP contribution in [0, 0.1) is 0 Å². The summed E-state index contributed by atoms with van der Waals surface area (Å²) in [6, 6.07) is 14.3. The van der Waals surface area contributed by atoms with E-state index in [0.29, 0.717) is 0 Å². The van der Waals surface area contributed by atoms with Crippen molar-refractivity contribution < 1.29 is 5.11 Å². The molecule has 0 saturated heterocycles. The van der Waals surface area contributed by atoms with Crippen molar-refractivity contribution >= 4 is 5.69 Å². The number of aromatic hydroxyl groups is 1. The van der Waals surface area contributed by atoms with E-state index in [1.54, 1.807) is 12.1 Å². The lowest BCUT2D eigenvalue weighted by Crippen LogP contribution is -2.07. The summed E-state index contributed by atoms with van der Waals surface area (Å²) in [4.78, 5) is 13.3. The summed E-state index contributed by atoms with van der Waals surface area (Å²) in [5, 5.41) is 9.35. The second-order valence-corrected chi connectivity index (χ2v) is 4.31. The fourth-order valence-corrected chi connectivity index (χ4v) is 1.70. The van der Waals surface area contributed by atoms with E-state index in [9.17, 15) is 9.90 Å². The van der Waals surface area contributed by atoms with Crippen molar-refractivity contribution in [3.8, 4) is 16.9 Å². The van der Waals surface area contributed by atoms with Gasteiger partial charge < -0.3 is 10.0 Å². The molecule has 0 heterocycles. The Morgan fingerprint density at radius 2 is 1.33 bits per heavy atom. The highest BCUT2D eigenvalue weighted by molar-refractivity contribution is 5.66. The van der Waals surface area contributed by atoms with Crippen molar-refractivity contribution in [2.24, 2.45) is 0 Å². The summed E-state index contributed by atoms with van der Waals surface area (Å²) in [6.45, 7) is 0. The van der Waals surface area contributed by atoms with Gasteiger partial charge in [-0.15, -0.1) is 0 Å². The number of hydrogen-bond donors (Lipinski definition) is 1. The second-order valence-electron chi connectivity index (χ2n) is 4.31. The highest BCUT2D eigenvalue weighted by Crippen LogP contribution is 2.21. The molecule has 0 amide bonds. The zero-order valence-corrected chi connectivity index (χ0v) is 10.4. The number of anilines is 1. The van der Waals surface area contributed by atoms with Crippen LogP contribution in [0.4, 0.5) is 5.69 Å². The molecule has 2 aromatic carbocycles. The number of hydrogen-bond acceptors (Lipinski definition) is 3. The SMILES string of the molecule is CN(C)c1ccc(-c2ccc(O)c(=O)cc2)cc1. The van der Waals surface area contributed by atoms with E-state index < -0.39 is 0 Å². The highest BCUT2D eigenvalue weighted by atomic mass is 16.3. The first-order chi connectivity index (χ1) is 8.58. The number of rotatable bonds is 2. The van der Waals surface area contributed by atoms with Gasteiger partial charge in [-0.1, -0.05) is 24.3 Å². The first kappa shape index (κ1) is 12.2. The fraction of sp³-hybridized carbons (Fsp3) is 0.133. The van der Waals surface area contributed by atoms with Crippen molar-refractivity contribution in [2.75, 3.05) is 19.0 Å². The lowest BCUT2D eigenvalue weighted by atomic mass is 10.1. The van der Waals surface area contributed by atoms with Crippen LogP contribution in [0.25, 0.3) is 11.1 Å². The molecule has 1 N–H and O–H groups in total. The highest BCUT2D eigenvalue weighted by Gasteiger charge is 2.00. The van der Waals surface area contributed by atoms with Gasteiger partial charge in [-0.2, -0.15) is 0 Å². The minimum Gasteiger partial charge on any atom is -0.504 e. The van der Waals surface area contributed by atoms with Crippen LogP contribution in [0.2, 0.25) is 0 Å². The Kier molecular flexibility index (Phi) is 3.33. The van der Waals surface area contributed by atoms with E-state index in [0.717, 1.165) is 16.8 Å². The molecule has 0 aliphatic carbocycles. The van der Waals surface area contributed by atoms with Gasteiger partial charge in [-0.05, 0) is 35.4 Å². The fourth-order valence-electron chi connectivity index (χ4n) is 1.70. The van der Waals surface area contributed by atoms with Crippen molar-refractivity contribution in [1.82, 2.24) is 0 Å². The van der Waals surface area contributed by atoms with E-state index in [2.05, 4.69) is 0 Å². The van der Waals surface area contributed by atoms with E-state index in [1.165, 1.54) is 12.1 Å². The van der Waals surface area contributed by atoms with Gasteiger partial charge in [-0.25, -0.2) is 0 Å². The molecule has 92 valence electrons. The predicted molar refractivity (Wildman–Crippen MR) is 74.1 cm³/mol. The summed E-state index contributed by atoms with van der Waals surface area (Å²) in [7, 11) is 3.97. The summed E-state index contributed by atoms with van der Waals surface area (Å²) < 4.78 is 0. The molecule has 18 heavy (non-hydrogen) atoms. The second kappa shape index (κ2) is 4.92. The summed E-state index contributed by atoms with van der Waals surface area (Å²) in [5.74, 6) is -0.230. The Balaban J connectivity index is 2.43. The third kappa shape index (κ3) is 2.51. The smallest absolute Gasteiger partial charge is 0.220 e. The monoisotopic (exact) mass is 241 g/mol. The molecule has 2 rings (SSSR count). The first-order valence-corrected chi connectivity index (χ1v) is 5.69. The van der Waals surface area contributed by atoms with Crippen LogP contribution in [0.5, 0.6) is 5.75 Å².